The second-order valence-corrected chi connectivity index (χ2v) is 7.62. The Bertz CT molecular complexity index is 1140. The van der Waals surface area contributed by atoms with Crippen molar-refractivity contribution in [3.63, 3.8) is 0 Å². The van der Waals surface area contributed by atoms with Crippen molar-refractivity contribution in [3.8, 4) is 4.90 Å². The fourth-order valence-electron chi connectivity index (χ4n) is 2.97. The maximum Gasteiger partial charge on any atom is 0.416 e. The van der Waals surface area contributed by atoms with Crippen LogP contribution in [0.2, 0.25) is 0 Å². The van der Waals surface area contributed by atoms with Gasteiger partial charge < -0.3 is 0 Å². The van der Waals surface area contributed by atoms with Crippen molar-refractivity contribution in [1.82, 2.24) is 0 Å². The topological polar surface area (TPSA) is 17.1 Å². The molecular formula is C20H12F3OS+. The summed E-state index contributed by atoms with van der Waals surface area (Å²) >= 11 is 0. The van der Waals surface area contributed by atoms with Gasteiger partial charge in [0.2, 0.25) is 5.43 Å². The first-order chi connectivity index (χ1) is 12.0. The molecule has 1 unspecified atom stereocenters. The maximum atomic E-state index is 13.1. The average Bonchev–Trinajstić information content (AvgIpc) is 2.62. The van der Waals surface area contributed by atoms with E-state index >= 15 is 0 Å². The summed E-state index contributed by atoms with van der Waals surface area (Å²) in [7, 11) is -0.602. The van der Waals surface area contributed by atoms with Crippen molar-refractivity contribution in [2.45, 2.75) is 6.18 Å². The van der Waals surface area contributed by atoms with Gasteiger partial charge >= 0.3 is 6.18 Å². The van der Waals surface area contributed by atoms with Crippen LogP contribution in [0.5, 0.6) is 0 Å². The summed E-state index contributed by atoms with van der Waals surface area (Å²) in [6, 6.07) is 20.2. The Morgan fingerprint density at radius 1 is 0.720 bits per heavy atom. The Morgan fingerprint density at radius 2 is 1.36 bits per heavy atom. The van der Waals surface area contributed by atoms with Crippen molar-refractivity contribution in [2.75, 3.05) is 0 Å². The Balaban J connectivity index is 2.21. The largest absolute Gasteiger partial charge is 0.416 e. The van der Waals surface area contributed by atoms with Crippen LogP contribution in [0.15, 0.2) is 77.6 Å². The molecule has 3 aromatic carbocycles. The van der Waals surface area contributed by atoms with E-state index in [4.69, 9.17) is 0 Å². The molecule has 0 saturated heterocycles. The summed E-state index contributed by atoms with van der Waals surface area (Å²) in [6.45, 7) is 0. The molecule has 0 saturated carbocycles. The van der Waals surface area contributed by atoms with Gasteiger partial charge in [-0.3, -0.25) is 4.79 Å². The van der Waals surface area contributed by atoms with Crippen LogP contribution < -0.4 is 5.43 Å². The summed E-state index contributed by atoms with van der Waals surface area (Å²) in [5.41, 5.74) is -1.15. The Kier molecular flexibility index (Phi) is 3.62. The van der Waals surface area contributed by atoms with Crippen molar-refractivity contribution >= 4 is 30.6 Å². The molecule has 0 amide bonds. The van der Waals surface area contributed by atoms with E-state index in [1.165, 1.54) is 6.07 Å². The molecule has 1 atom stereocenters. The molecule has 0 radical (unpaired) electrons. The van der Waals surface area contributed by atoms with Crippen LogP contribution in [0.4, 0.5) is 13.2 Å². The molecule has 1 heterocycles. The van der Waals surface area contributed by atoms with Crippen molar-refractivity contribution in [1.29, 1.82) is 0 Å². The first-order valence-corrected chi connectivity index (χ1v) is 8.83. The molecule has 0 bridgehead atoms. The molecule has 4 rings (SSSR count). The first kappa shape index (κ1) is 15.8. The zero-order valence-corrected chi connectivity index (χ0v) is 13.7. The van der Waals surface area contributed by atoms with Crippen LogP contribution in [-0.2, 0) is 6.18 Å². The summed E-state index contributed by atoms with van der Waals surface area (Å²) in [5, 5.41) is 0.613. The van der Waals surface area contributed by atoms with E-state index in [0.29, 0.717) is 10.1 Å². The van der Waals surface area contributed by atoms with Crippen LogP contribution >= 0.6 is 10.5 Å². The van der Waals surface area contributed by atoms with Crippen LogP contribution in [0.1, 0.15) is 5.56 Å². The summed E-state index contributed by atoms with van der Waals surface area (Å²) in [6.07, 6.45) is -4.47. The lowest BCUT2D eigenvalue weighted by Gasteiger charge is -2.08. The molecule has 0 N–H and O–H groups in total. The lowest BCUT2D eigenvalue weighted by molar-refractivity contribution is -0.137. The smallest absolute Gasteiger partial charge is 0.288 e. The Labute approximate surface area is 143 Å². The number of fused-ring (bicyclic) bond motifs is 2. The van der Waals surface area contributed by atoms with E-state index in [1.54, 1.807) is 12.1 Å². The fraction of sp³-hybridized carbons (Fsp3) is 0.0500. The quantitative estimate of drug-likeness (QED) is 0.297. The molecule has 0 aliphatic rings. The molecule has 5 heteroatoms. The van der Waals surface area contributed by atoms with Crippen molar-refractivity contribution in [3.05, 3.63) is 88.6 Å². The molecule has 0 aliphatic carbocycles. The molecule has 0 spiro atoms. The van der Waals surface area contributed by atoms with Crippen molar-refractivity contribution < 1.29 is 13.2 Å². The van der Waals surface area contributed by atoms with E-state index in [2.05, 4.69) is 0 Å². The summed E-state index contributed by atoms with van der Waals surface area (Å²) in [4.78, 5) is 13.8. The van der Waals surface area contributed by atoms with Gasteiger partial charge in [0.1, 0.15) is 0 Å². The third-order valence-corrected chi connectivity index (χ3v) is 6.44. The van der Waals surface area contributed by atoms with Crippen LogP contribution in [0, 0.1) is 0 Å². The van der Waals surface area contributed by atoms with Crippen LogP contribution in [0.25, 0.3) is 25.1 Å². The van der Waals surface area contributed by atoms with E-state index < -0.39 is 22.2 Å². The predicted octanol–water partition coefficient (Wildman–Crippen LogP) is 6.11. The van der Waals surface area contributed by atoms with E-state index in [0.717, 1.165) is 21.7 Å². The summed E-state index contributed by atoms with van der Waals surface area (Å²) in [5.74, 6) is 0. The zero-order valence-electron chi connectivity index (χ0n) is 12.9. The lowest BCUT2D eigenvalue weighted by atomic mass is 10.1. The molecule has 4 aromatic rings. The number of halogens is 3. The molecule has 124 valence electrons. The zero-order chi connectivity index (χ0) is 17.6. The van der Waals surface area contributed by atoms with Crippen LogP contribution in [-0.4, -0.2) is 0 Å². The molecule has 0 fully saturated rings. The van der Waals surface area contributed by atoms with Gasteiger partial charge in [0.15, 0.2) is 14.3 Å². The van der Waals surface area contributed by atoms with Crippen LogP contribution in [0.3, 0.4) is 0 Å². The average molecular weight is 357 g/mol. The standard InChI is InChI=1S/C20H12F3OS/c21-20(22,23)13-10-11-18-16(12-13)19(24)15-8-4-5-9-17(15)25(18)14-6-2-1-3-7-14/h1-12H/q+1. The van der Waals surface area contributed by atoms with Gasteiger partial charge in [-0.05, 0) is 42.5 Å². The van der Waals surface area contributed by atoms with Gasteiger partial charge in [0.05, 0.1) is 16.3 Å². The number of benzene rings is 3. The summed E-state index contributed by atoms with van der Waals surface area (Å²) < 4.78 is 40.8. The van der Waals surface area contributed by atoms with Gasteiger partial charge in [0.25, 0.3) is 0 Å². The normalized spacial score (nSPS) is 12.7. The number of rotatable bonds is 1. The highest BCUT2D eigenvalue weighted by molar-refractivity contribution is 7.49. The van der Waals surface area contributed by atoms with Gasteiger partial charge in [-0.25, -0.2) is 0 Å². The SMILES string of the molecule is O=c1c2ccccc2[s+](-c2ccccc2)c2ccc(C(F)(F)F)cc12. The second-order valence-electron chi connectivity index (χ2n) is 5.65. The predicted molar refractivity (Wildman–Crippen MR) is 96.5 cm³/mol. The monoisotopic (exact) mass is 357 g/mol. The maximum absolute atomic E-state index is 13.1. The van der Waals surface area contributed by atoms with Gasteiger partial charge in [0, 0.05) is 10.5 Å². The molecule has 25 heavy (non-hydrogen) atoms. The van der Waals surface area contributed by atoms with E-state index in [9.17, 15) is 18.0 Å². The Hall–Kier alpha value is -2.66. The van der Waals surface area contributed by atoms with E-state index in [1.807, 2.05) is 42.5 Å². The van der Waals surface area contributed by atoms with Gasteiger partial charge in [-0.1, -0.05) is 30.3 Å². The molecule has 0 aliphatic heterocycles. The highest BCUT2D eigenvalue weighted by Gasteiger charge is 2.32. The molecule has 1 nitrogen and oxygen atoms in total. The van der Waals surface area contributed by atoms with Gasteiger partial charge in [-0.15, -0.1) is 0 Å². The van der Waals surface area contributed by atoms with Crippen molar-refractivity contribution in [2.24, 2.45) is 0 Å². The second kappa shape index (κ2) is 5.70. The van der Waals surface area contributed by atoms with E-state index in [-0.39, 0.29) is 10.8 Å². The highest BCUT2D eigenvalue weighted by Crippen LogP contribution is 2.44. The fourth-order valence-corrected chi connectivity index (χ4v) is 5.31. The highest BCUT2D eigenvalue weighted by atomic mass is 32.2. The molecule has 1 aromatic heterocycles. The number of hydrogen-bond donors (Lipinski definition) is 0. The third kappa shape index (κ3) is 2.61. The molecular weight excluding hydrogens is 345 g/mol. The number of alkyl halides is 3. The van der Waals surface area contributed by atoms with Gasteiger partial charge in [-0.2, -0.15) is 13.2 Å². The Morgan fingerprint density at radius 3 is 2.08 bits per heavy atom. The number of hydrogen-bond acceptors (Lipinski definition) is 1. The first-order valence-electron chi connectivity index (χ1n) is 7.61. The minimum atomic E-state index is -4.47. The lowest BCUT2D eigenvalue weighted by Crippen LogP contribution is -2.08. The minimum absolute atomic E-state index is 0.140. The third-order valence-electron chi connectivity index (χ3n) is 4.10. The minimum Gasteiger partial charge on any atom is -0.288 e.